The van der Waals surface area contributed by atoms with Crippen molar-refractivity contribution in [1.29, 1.82) is 0 Å². The third-order valence-corrected chi connectivity index (χ3v) is 5.44. The second kappa shape index (κ2) is 7.54. The molecule has 0 aliphatic heterocycles. The zero-order valence-electron chi connectivity index (χ0n) is 16.6. The van der Waals surface area contributed by atoms with E-state index in [1.54, 1.807) is 42.0 Å². The minimum Gasteiger partial charge on any atom is -0.497 e. The number of halogens is 2. The van der Waals surface area contributed by atoms with Gasteiger partial charge in [-0.1, -0.05) is 12.1 Å². The summed E-state index contributed by atoms with van der Waals surface area (Å²) in [5.74, 6) is 1.06. The molecule has 0 radical (unpaired) electrons. The highest BCUT2D eigenvalue weighted by atomic mass is 19.3. The maximum absolute atomic E-state index is 13.6. The fourth-order valence-electron chi connectivity index (χ4n) is 3.78. The van der Waals surface area contributed by atoms with Gasteiger partial charge in [0.1, 0.15) is 17.0 Å². The van der Waals surface area contributed by atoms with Crippen molar-refractivity contribution in [3.8, 4) is 28.3 Å². The van der Waals surface area contributed by atoms with Crippen LogP contribution in [0.1, 0.15) is 24.5 Å². The first-order valence-corrected chi connectivity index (χ1v) is 9.89. The van der Waals surface area contributed by atoms with Crippen LogP contribution >= 0.6 is 0 Å². The van der Waals surface area contributed by atoms with Crippen LogP contribution in [0.2, 0.25) is 0 Å². The number of pyridine rings is 1. The van der Waals surface area contributed by atoms with Crippen molar-refractivity contribution in [2.24, 2.45) is 0 Å². The lowest BCUT2D eigenvalue weighted by Gasteiger charge is -2.13. The van der Waals surface area contributed by atoms with Crippen LogP contribution in [-0.4, -0.2) is 28.5 Å². The highest BCUT2D eigenvalue weighted by Crippen LogP contribution is 2.42. The second-order valence-electron chi connectivity index (χ2n) is 7.44. The van der Waals surface area contributed by atoms with E-state index in [0.717, 1.165) is 24.1 Å². The number of alkyl halides is 2. The van der Waals surface area contributed by atoms with E-state index in [9.17, 15) is 13.6 Å². The molecule has 0 unspecified atom stereocenters. The third kappa shape index (κ3) is 3.54. The Bertz CT molecular complexity index is 1290. The first-order valence-electron chi connectivity index (χ1n) is 9.89. The van der Waals surface area contributed by atoms with E-state index in [4.69, 9.17) is 4.74 Å². The van der Waals surface area contributed by atoms with Crippen LogP contribution in [0, 0.1) is 0 Å². The van der Waals surface area contributed by atoms with E-state index in [1.165, 1.54) is 12.1 Å². The zero-order chi connectivity index (χ0) is 21.5. The molecule has 2 heterocycles. The summed E-state index contributed by atoms with van der Waals surface area (Å²) in [5.41, 5.74) is 3.85. The van der Waals surface area contributed by atoms with Gasteiger partial charge in [0.15, 0.2) is 0 Å². The van der Waals surface area contributed by atoms with Crippen molar-refractivity contribution in [3.63, 3.8) is 0 Å². The maximum atomic E-state index is 13.6. The molecule has 1 saturated carbocycles. The quantitative estimate of drug-likeness (QED) is 0.481. The Kier molecular flexibility index (Phi) is 4.69. The summed E-state index contributed by atoms with van der Waals surface area (Å²) in [4.78, 5) is 13.6. The summed E-state index contributed by atoms with van der Waals surface area (Å²) in [6.07, 6.45) is 2.07. The van der Waals surface area contributed by atoms with E-state index in [0.29, 0.717) is 34.0 Å². The molecule has 8 heteroatoms. The van der Waals surface area contributed by atoms with Crippen LogP contribution in [0.5, 0.6) is 11.5 Å². The average Bonchev–Trinajstić information content (AvgIpc) is 3.53. The number of fused-ring (bicyclic) bond motifs is 1. The van der Waals surface area contributed by atoms with E-state index in [1.807, 2.05) is 12.1 Å². The predicted molar refractivity (Wildman–Crippen MR) is 112 cm³/mol. The van der Waals surface area contributed by atoms with Gasteiger partial charge in [0, 0.05) is 17.2 Å². The van der Waals surface area contributed by atoms with E-state index >= 15 is 0 Å². The van der Waals surface area contributed by atoms with Crippen LogP contribution in [0.3, 0.4) is 0 Å². The lowest BCUT2D eigenvalue weighted by Crippen LogP contribution is -2.21. The van der Waals surface area contributed by atoms with Gasteiger partial charge >= 0.3 is 6.61 Å². The first-order chi connectivity index (χ1) is 15.0. The van der Waals surface area contributed by atoms with Crippen molar-refractivity contribution in [3.05, 3.63) is 70.6 Å². The molecule has 1 fully saturated rings. The van der Waals surface area contributed by atoms with Gasteiger partial charge in [-0.2, -0.15) is 13.9 Å². The first kappa shape index (κ1) is 19.3. The van der Waals surface area contributed by atoms with E-state index in [-0.39, 0.29) is 11.3 Å². The Morgan fingerprint density at radius 3 is 2.35 bits per heavy atom. The third-order valence-electron chi connectivity index (χ3n) is 5.44. The van der Waals surface area contributed by atoms with Crippen LogP contribution < -0.4 is 15.0 Å². The minimum atomic E-state index is -2.91. The number of nitrogens with one attached hydrogen (secondary N) is 1. The molecular formula is C23H19F2N3O3. The number of ether oxygens (including phenoxy) is 2. The monoisotopic (exact) mass is 423 g/mol. The van der Waals surface area contributed by atoms with Gasteiger partial charge in [-0.25, -0.2) is 0 Å². The molecule has 0 amide bonds. The molecule has 0 bridgehead atoms. The van der Waals surface area contributed by atoms with Gasteiger partial charge < -0.3 is 9.47 Å². The number of nitrogens with zero attached hydrogens (tertiary/aromatic N) is 2. The van der Waals surface area contributed by atoms with Gasteiger partial charge in [-0.3, -0.25) is 14.5 Å². The number of methoxy groups -OCH3 is 1. The van der Waals surface area contributed by atoms with Crippen LogP contribution in [0.15, 0.2) is 59.4 Å². The summed E-state index contributed by atoms with van der Waals surface area (Å²) >= 11 is 0. The molecule has 0 spiro atoms. The number of aromatic amines is 1. The molecule has 4 aromatic rings. The lowest BCUT2D eigenvalue weighted by molar-refractivity contribution is -0.0498. The number of H-pyrrole nitrogens is 1. The molecule has 5 rings (SSSR count). The van der Waals surface area contributed by atoms with Gasteiger partial charge in [0.2, 0.25) is 0 Å². The van der Waals surface area contributed by atoms with E-state index < -0.39 is 6.61 Å². The largest absolute Gasteiger partial charge is 0.497 e. The minimum absolute atomic E-state index is 0.0314. The highest BCUT2D eigenvalue weighted by molar-refractivity contribution is 5.85. The summed E-state index contributed by atoms with van der Waals surface area (Å²) < 4.78 is 36.3. The topological polar surface area (TPSA) is 69.1 Å². The number of hydrogen-bond acceptors (Lipinski definition) is 4. The normalized spacial score (nSPS) is 13.7. The fraction of sp³-hybridized carbons (Fsp3) is 0.217. The van der Waals surface area contributed by atoms with Crippen LogP contribution in [-0.2, 0) is 0 Å². The van der Waals surface area contributed by atoms with Gasteiger partial charge in [0.25, 0.3) is 5.56 Å². The molecule has 6 nitrogen and oxygen atoms in total. The van der Waals surface area contributed by atoms with E-state index in [2.05, 4.69) is 14.9 Å². The molecule has 1 aliphatic carbocycles. The summed E-state index contributed by atoms with van der Waals surface area (Å²) in [7, 11) is 1.58. The molecule has 31 heavy (non-hydrogen) atoms. The molecule has 158 valence electrons. The number of benzene rings is 2. The molecular weight excluding hydrogens is 404 g/mol. The lowest BCUT2D eigenvalue weighted by atomic mass is 10.1. The Morgan fingerprint density at radius 1 is 1.06 bits per heavy atom. The zero-order valence-corrected chi connectivity index (χ0v) is 16.6. The Morgan fingerprint density at radius 2 is 1.74 bits per heavy atom. The SMILES string of the molecule is COc1ccc(-c2cc3n[nH]c(C4CC4)c3n(-c3ccc(OC(F)F)cc3)c2=O)cc1. The Labute approximate surface area is 176 Å². The Hall–Kier alpha value is -3.68. The van der Waals surface area contributed by atoms with Gasteiger partial charge in [-0.05, 0) is 60.9 Å². The number of rotatable bonds is 6. The smallest absolute Gasteiger partial charge is 0.387 e. The molecule has 1 aliphatic rings. The number of aromatic nitrogens is 3. The van der Waals surface area contributed by atoms with Crippen LogP contribution in [0.25, 0.3) is 27.8 Å². The fourth-order valence-corrected chi connectivity index (χ4v) is 3.78. The maximum Gasteiger partial charge on any atom is 0.387 e. The van der Waals surface area contributed by atoms with Gasteiger partial charge in [0.05, 0.1) is 18.3 Å². The molecule has 2 aromatic carbocycles. The van der Waals surface area contributed by atoms with Crippen molar-refractivity contribution in [1.82, 2.24) is 14.8 Å². The predicted octanol–water partition coefficient (Wildman–Crippen LogP) is 4.87. The number of hydrogen-bond donors (Lipinski definition) is 1. The molecule has 0 saturated heterocycles. The molecule has 2 aromatic heterocycles. The highest BCUT2D eigenvalue weighted by Gasteiger charge is 2.30. The standard InChI is InChI=1S/C23H19F2N3O3/c1-30-16-8-4-13(5-9-16)18-12-19-21(20(27-26-19)14-2-3-14)28(22(18)29)15-6-10-17(11-7-15)31-23(24)25/h4-12,14,23H,2-3H2,1H3,(H,26,27). The Balaban J connectivity index is 1.71. The molecule has 0 atom stereocenters. The summed E-state index contributed by atoms with van der Waals surface area (Å²) in [5, 5.41) is 7.54. The van der Waals surface area contributed by atoms with Gasteiger partial charge in [-0.15, -0.1) is 0 Å². The van der Waals surface area contributed by atoms with Crippen molar-refractivity contribution < 1.29 is 18.3 Å². The average molecular weight is 423 g/mol. The second-order valence-corrected chi connectivity index (χ2v) is 7.44. The van der Waals surface area contributed by atoms with Crippen molar-refractivity contribution >= 4 is 11.0 Å². The van der Waals surface area contributed by atoms with Crippen molar-refractivity contribution in [2.45, 2.75) is 25.4 Å². The molecule has 1 N–H and O–H groups in total. The summed E-state index contributed by atoms with van der Waals surface area (Å²) in [6.45, 7) is -2.91. The summed E-state index contributed by atoms with van der Waals surface area (Å²) in [6, 6.07) is 15.1. The van der Waals surface area contributed by atoms with Crippen molar-refractivity contribution in [2.75, 3.05) is 7.11 Å². The van der Waals surface area contributed by atoms with Crippen LogP contribution in [0.4, 0.5) is 8.78 Å².